The van der Waals surface area contributed by atoms with Gasteiger partial charge in [-0.2, -0.15) is 0 Å². The summed E-state index contributed by atoms with van der Waals surface area (Å²) < 4.78 is 16.0. The second kappa shape index (κ2) is 6.73. The third-order valence-electron chi connectivity index (χ3n) is 2.84. The molecular weight excluding hydrogens is 232 g/mol. The Labute approximate surface area is 107 Å². The minimum atomic E-state index is -0.592. The molecule has 1 heterocycles. The highest BCUT2D eigenvalue weighted by molar-refractivity contribution is 5.28. The molecule has 1 saturated heterocycles. The van der Waals surface area contributed by atoms with Gasteiger partial charge in [-0.1, -0.05) is 19.1 Å². The van der Waals surface area contributed by atoms with Crippen LogP contribution >= 0.6 is 0 Å². The number of aliphatic hydroxyl groups is 1. The van der Waals surface area contributed by atoms with Crippen LogP contribution in [0.1, 0.15) is 25.0 Å². The van der Waals surface area contributed by atoms with Crippen molar-refractivity contribution in [2.45, 2.75) is 25.6 Å². The van der Waals surface area contributed by atoms with Crippen LogP contribution in [0.4, 0.5) is 0 Å². The van der Waals surface area contributed by atoms with Gasteiger partial charge in [-0.05, 0) is 24.1 Å². The van der Waals surface area contributed by atoms with Crippen LogP contribution in [-0.2, 0) is 9.47 Å². The average molecular weight is 252 g/mol. The molecule has 0 aliphatic carbocycles. The zero-order chi connectivity index (χ0) is 12.8. The van der Waals surface area contributed by atoms with Crippen LogP contribution in [0.25, 0.3) is 0 Å². The van der Waals surface area contributed by atoms with Crippen molar-refractivity contribution < 1.29 is 19.3 Å². The van der Waals surface area contributed by atoms with Crippen molar-refractivity contribution in [3.8, 4) is 5.75 Å². The van der Waals surface area contributed by atoms with Crippen molar-refractivity contribution in [3.63, 3.8) is 0 Å². The van der Waals surface area contributed by atoms with E-state index in [-0.39, 0.29) is 6.10 Å². The standard InChI is InChI=1S/C14H20O4/c1-2-7-17-12-5-3-11(4-6-12)14(15)10-18-13-8-16-9-13/h3-6,13-15H,2,7-10H2,1H3. The van der Waals surface area contributed by atoms with E-state index in [4.69, 9.17) is 14.2 Å². The molecule has 1 unspecified atom stereocenters. The maximum atomic E-state index is 9.95. The van der Waals surface area contributed by atoms with Crippen LogP contribution < -0.4 is 4.74 Å². The van der Waals surface area contributed by atoms with E-state index in [1.54, 1.807) is 0 Å². The summed E-state index contributed by atoms with van der Waals surface area (Å²) >= 11 is 0. The van der Waals surface area contributed by atoms with Crippen LogP contribution in [0.15, 0.2) is 24.3 Å². The molecule has 4 heteroatoms. The summed E-state index contributed by atoms with van der Waals surface area (Å²) in [6.45, 7) is 4.36. The van der Waals surface area contributed by atoms with E-state index in [0.29, 0.717) is 26.4 Å². The molecule has 1 fully saturated rings. The van der Waals surface area contributed by atoms with Gasteiger partial charge in [-0.15, -0.1) is 0 Å². The van der Waals surface area contributed by atoms with Gasteiger partial charge in [0.25, 0.3) is 0 Å². The fourth-order valence-electron chi connectivity index (χ4n) is 1.64. The van der Waals surface area contributed by atoms with Crippen molar-refractivity contribution in [2.24, 2.45) is 0 Å². The van der Waals surface area contributed by atoms with Crippen LogP contribution in [0.2, 0.25) is 0 Å². The van der Waals surface area contributed by atoms with E-state index in [1.165, 1.54) is 0 Å². The first-order valence-electron chi connectivity index (χ1n) is 6.39. The molecule has 0 spiro atoms. The molecule has 0 amide bonds. The number of aliphatic hydroxyl groups excluding tert-OH is 1. The zero-order valence-electron chi connectivity index (χ0n) is 10.7. The zero-order valence-corrected chi connectivity index (χ0v) is 10.7. The molecule has 1 atom stereocenters. The van der Waals surface area contributed by atoms with Gasteiger partial charge < -0.3 is 19.3 Å². The van der Waals surface area contributed by atoms with Crippen molar-refractivity contribution >= 4 is 0 Å². The molecule has 1 aromatic carbocycles. The van der Waals surface area contributed by atoms with Crippen LogP contribution in [0.5, 0.6) is 5.75 Å². The maximum Gasteiger partial charge on any atom is 0.119 e. The van der Waals surface area contributed by atoms with Crippen molar-refractivity contribution in [3.05, 3.63) is 29.8 Å². The van der Waals surface area contributed by atoms with Gasteiger partial charge >= 0.3 is 0 Å². The molecule has 0 aromatic heterocycles. The lowest BCUT2D eigenvalue weighted by atomic mass is 10.1. The number of benzene rings is 1. The predicted octanol–water partition coefficient (Wildman–Crippen LogP) is 1.92. The molecule has 0 saturated carbocycles. The smallest absolute Gasteiger partial charge is 0.119 e. The van der Waals surface area contributed by atoms with E-state index in [9.17, 15) is 5.11 Å². The molecule has 100 valence electrons. The highest BCUT2D eigenvalue weighted by Crippen LogP contribution is 2.19. The third-order valence-corrected chi connectivity index (χ3v) is 2.84. The van der Waals surface area contributed by atoms with Gasteiger partial charge in [0.05, 0.1) is 26.4 Å². The fraction of sp³-hybridized carbons (Fsp3) is 0.571. The number of rotatable bonds is 7. The summed E-state index contributed by atoms with van der Waals surface area (Å²) in [6, 6.07) is 7.49. The lowest BCUT2D eigenvalue weighted by Gasteiger charge is -2.27. The fourth-order valence-corrected chi connectivity index (χ4v) is 1.64. The summed E-state index contributed by atoms with van der Waals surface area (Å²) in [5.41, 5.74) is 0.846. The third kappa shape index (κ3) is 3.70. The second-order valence-electron chi connectivity index (χ2n) is 4.43. The van der Waals surface area contributed by atoms with E-state index in [0.717, 1.165) is 17.7 Å². The molecular formula is C14H20O4. The number of hydrogen-bond donors (Lipinski definition) is 1. The van der Waals surface area contributed by atoms with Gasteiger partial charge in [0.15, 0.2) is 0 Å². The van der Waals surface area contributed by atoms with Crippen LogP contribution in [0.3, 0.4) is 0 Å². The molecule has 2 rings (SSSR count). The predicted molar refractivity (Wildman–Crippen MR) is 67.7 cm³/mol. The Morgan fingerprint density at radius 2 is 2.06 bits per heavy atom. The second-order valence-corrected chi connectivity index (χ2v) is 4.43. The van der Waals surface area contributed by atoms with E-state index in [1.807, 2.05) is 24.3 Å². The largest absolute Gasteiger partial charge is 0.494 e. The van der Waals surface area contributed by atoms with Gasteiger partial charge in [0.2, 0.25) is 0 Å². The summed E-state index contributed by atoms with van der Waals surface area (Å²) in [4.78, 5) is 0. The lowest BCUT2D eigenvalue weighted by molar-refractivity contribution is -0.143. The molecule has 1 aliphatic heterocycles. The van der Waals surface area contributed by atoms with Gasteiger partial charge in [0.1, 0.15) is 18.0 Å². The lowest BCUT2D eigenvalue weighted by Crippen LogP contribution is -2.37. The molecule has 1 aromatic rings. The average Bonchev–Trinajstić information content (AvgIpc) is 2.35. The minimum absolute atomic E-state index is 0.145. The monoisotopic (exact) mass is 252 g/mol. The summed E-state index contributed by atoms with van der Waals surface area (Å²) in [7, 11) is 0. The Bertz CT molecular complexity index is 345. The maximum absolute atomic E-state index is 9.95. The van der Waals surface area contributed by atoms with Crippen molar-refractivity contribution in [2.75, 3.05) is 26.4 Å². The van der Waals surface area contributed by atoms with E-state index in [2.05, 4.69) is 6.92 Å². The molecule has 1 aliphatic rings. The van der Waals surface area contributed by atoms with Gasteiger partial charge in [-0.25, -0.2) is 0 Å². The number of hydrogen-bond acceptors (Lipinski definition) is 4. The minimum Gasteiger partial charge on any atom is -0.494 e. The van der Waals surface area contributed by atoms with Gasteiger partial charge in [0, 0.05) is 0 Å². The summed E-state index contributed by atoms with van der Waals surface area (Å²) in [5.74, 6) is 0.834. The normalized spacial score (nSPS) is 17.2. The Morgan fingerprint density at radius 3 is 2.61 bits per heavy atom. The Morgan fingerprint density at radius 1 is 1.33 bits per heavy atom. The Balaban J connectivity index is 1.79. The van der Waals surface area contributed by atoms with E-state index >= 15 is 0 Å². The highest BCUT2D eigenvalue weighted by Gasteiger charge is 2.20. The highest BCUT2D eigenvalue weighted by atomic mass is 16.6. The van der Waals surface area contributed by atoms with Crippen LogP contribution in [0, 0.1) is 0 Å². The van der Waals surface area contributed by atoms with Gasteiger partial charge in [-0.3, -0.25) is 0 Å². The molecule has 1 N–H and O–H groups in total. The molecule has 18 heavy (non-hydrogen) atoms. The summed E-state index contributed by atoms with van der Waals surface area (Å²) in [6.07, 6.45) is 0.541. The van der Waals surface area contributed by atoms with E-state index < -0.39 is 6.10 Å². The topological polar surface area (TPSA) is 47.9 Å². The number of ether oxygens (including phenoxy) is 3. The molecule has 0 bridgehead atoms. The molecule has 0 radical (unpaired) electrons. The van der Waals surface area contributed by atoms with Crippen molar-refractivity contribution in [1.82, 2.24) is 0 Å². The Kier molecular flexibility index (Phi) is 4.99. The summed E-state index contributed by atoms with van der Waals surface area (Å²) in [5, 5.41) is 9.95. The van der Waals surface area contributed by atoms with Crippen molar-refractivity contribution in [1.29, 1.82) is 0 Å². The Hall–Kier alpha value is -1.10. The van der Waals surface area contributed by atoms with Crippen LogP contribution in [-0.4, -0.2) is 37.6 Å². The first-order valence-corrected chi connectivity index (χ1v) is 6.39. The molecule has 4 nitrogen and oxygen atoms in total. The first kappa shape index (κ1) is 13.3. The first-order chi connectivity index (χ1) is 8.79. The SMILES string of the molecule is CCCOc1ccc(C(O)COC2COC2)cc1. The quantitative estimate of drug-likeness (QED) is 0.805.